The monoisotopic (exact) mass is 542 g/mol. The number of anilines is 1. The van der Waals surface area contributed by atoms with Gasteiger partial charge in [0.2, 0.25) is 5.28 Å². The van der Waals surface area contributed by atoms with Crippen molar-refractivity contribution in [3.63, 3.8) is 0 Å². The lowest BCUT2D eigenvalue weighted by Gasteiger charge is -2.50. The number of hydrogen-bond acceptors (Lipinski definition) is 6. The summed E-state index contributed by atoms with van der Waals surface area (Å²) in [5.41, 5.74) is -0.842. The molecule has 0 unspecified atom stereocenters. The lowest BCUT2D eigenvalue weighted by atomic mass is 9.76. The number of ether oxygens (including phenoxy) is 2. The average molecular weight is 544 g/mol. The number of halogens is 3. The van der Waals surface area contributed by atoms with Gasteiger partial charge in [-0.05, 0) is 92.5 Å². The molecule has 0 radical (unpaired) electrons. The first kappa shape index (κ1) is 24.4. The van der Waals surface area contributed by atoms with Crippen LogP contribution < -0.4 is 5.32 Å². The average Bonchev–Trinajstić information content (AvgIpc) is 3.52. The van der Waals surface area contributed by atoms with E-state index in [-0.39, 0.29) is 22.4 Å². The highest BCUT2D eigenvalue weighted by Crippen LogP contribution is 2.40. The number of amides is 1. The zero-order valence-electron chi connectivity index (χ0n) is 19.1. The Morgan fingerprint density at radius 1 is 1.33 bits per heavy atom. The SMILES string of the molecule is CC(C)(C)OC(=O)N(CCNc1nc(Cl)nc2c(F)c(Br)ccc12)C1(COC2CC2)CCC1. The van der Waals surface area contributed by atoms with Crippen molar-refractivity contribution in [2.24, 2.45) is 0 Å². The lowest BCUT2D eigenvalue weighted by molar-refractivity contribution is -0.0673. The molecule has 2 saturated carbocycles. The van der Waals surface area contributed by atoms with E-state index in [1.54, 1.807) is 17.0 Å². The largest absolute Gasteiger partial charge is 0.444 e. The molecule has 1 aromatic heterocycles. The highest BCUT2D eigenvalue weighted by atomic mass is 79.9. The minimum absolute atomic E-state index is 0.0562. The third-order valence-electron chi connectivity index (χ3n) is 5.94. The molecule has 1 N–H and O–H groups in total. The summed E-state index contributed by atoms with van der Waals surface area (Å²) in [5.74, 6) is -0.0849. The molecule has 0 atom stereocenters. The third-order valence-corrected chi connectivity index (χ3v) is 6.72. The van der Waals surface area contributed by atoms with Crippen molar-refractivity contribution in [1.29, 1.82) is 0 Å². The zero-order chi connectivity index (χ0) is 23.8. The molecule has 2 fully saturated rings. The smallest absolute Gasteiger partial charge is 0.410 e. The molecule has 33 heavy (non-hydrogen) atoms. The standard InChI is InChI=1S/C23H29BrClFN4O3/c1-22(2,3)33-21(31)30(23(9-4-10-23)13-32-14-5-6-14)12-11-27-19-15-7-8-16(24)17(26)18(15)28-20(25)29-19/h7-8,14H,4-6,9-13H2,1-3H3,(H,27,28,29). The van der Waals surface area contributed by atoms with Crippen LogP contribution in [0.3, 0.4) is 0 Å². The lowest BCUT2D eigenvalue weighted by Crippen LogP contribution is -2.61. The van der Waals surface area contributed by atoms with Gasteiger partial charge in [-0.25, -0.2) is 19.2 Å². The fourth-order valence-electron chi connectivity index (χ4n) is 3.95. The van der Waals surface area contributed by atoms with Crippen molar-refractivity contribution in [3.8, 4) is 0 Å². The van der Waals surface area contributed by atoms with E-state index < -0.39 is 11.4 Å². The topological polar surface area (TPSA) is 76.6 Å². The Hall–Kier alpha value is -1.71. The molecule has 7 nitrogen and oxygen atoms in total. The fraction of sp³-hybridized carbons (Fsp3) is 0.609. The van der Waals surface area contributed by atoms with Crippen LogP contribution in [0.5, 0.6) is 0 Å². The summed E-state index contributed by atoms with van der Waals surface area (Å²) in [7, 11) is 0. The van der Waals surface area contributed by atoms with Crippen LogP contribution in [-0.2, 0) is 9.47 Å². The van der Waals surface area contributed by atoms with Crippen molar-refractivity contribution in [2.45, 2.75) is 70.1 Å². The van der Waals surface area contributed by atoms with E-state index in [0.717, 1.165) is 32.1 Å². The van der Waals surface area contributed by atoms with Crippen LogP contribution in [-0.4, -0.2) is 57.9 Å². The maximum Gasteiger partial charge on any atom is 0.410 e. The van der Waals surface area contributed by atoms with Gasteiger partial charge in [0.25, 0.3) is 0 Å². The van der Waals surface area contributed by atoms with Gasteiger partial charge in [-0.15, -0.1) is 0 Å². The summed E-state index contributed by atoms with van der Waals surface area (Å²) in [4.78, 5) is 23.2. The molecule has 0 bridgehead atoms. The first-order valence-electron chi connectivity index (χ1n) is 11.3. The summed E-state index contributed by atoms with van der Waals surface area (Å²) >= 11 is 9.22. The Morgan fingerprint density at radius 3 is 2.67 bits per heavy atom. The normalized spacial score (nSPS) is 17.5. The number of rotatable bonds is 8. The number of fused-ring (bicyclic) bond motifs is 1. The van der Waals surface area contributed by atoms with E-state index in [0.29, 0.717) is 41.5 Å². The summed E-state index contributed by atoms with van der Waals surface area (Å²) in [6.45, 7) is 6.85. The Kier molecular flexibility index (Phi) is 7.03. The van der Waals surface area contributed by atoms with Crippen LogP contribution in [0.1, 0.15) is 52.9 Å². The molecule has 2 aromatic rings. The number of nitrogens with one attached hydrogen (secondary N) is 1. The Bertz CT molecular complexity index is 1040. The van der Waals surface area contributed by atoms with Crippen LogP contribution in [0, 0.1) is 5.82 Å². The van der Waals surface area contributed by atoms with Crippen LogP contribution in [0.15, 0.2) is 16.6 Å². The van der Waals surface area contributed by atoms with E-state index >= 15 is 0 Å². The third kappa shape index (κ3) is 5.69. The van der Waals surface area contributed by atoms with Gasteiger partial charge in [-0.1, -0.05) is 0 Å². The summed E-state index contributed by atoms with van der Waals surface area (Å²) < 4.78 is 26.6. The molecule has 10 heteroatoms. The van der Waals surface area contributed by atoms with E-state index in [4.69, 9.17) is 21.1 Å². The number of carbonyl (C=O) groups excluding carboxylic acids is 1. The van der Waals surface area contributed by atoms with Gasteiger partial charge in [0, 0.05) is 18.5 Å². The van der Waals surface area contributed by atoms with E-state index in [2.05, 4.69) is 31.2 Å². The second-order valence-corrected chi connectivity index (χ2v) is 10.9. The van der Waals surface area contributed by atoms with Crippen molar-refractivity contribution >= 4 is 50.3 Å². The van der Waals surface area contributed by atoms with Gasteiger partial charge in [0.15, 0.2) is 5.82 Å². The molecule has 2 aliphatic carbocycles. The number of aromatic nitrogens is 2. The van der Waals surface area contributed by atoms with Gasteiger partial charge >= 0.3 is 6.09 Å². The second kappa shape index (κ2) is 9.50. The van der Waals surface area contributed by atoms with Crippen molar-refractivity contribution in [2.75, 3.05) is 25.0 Å². The number of nitrogens with zero attached hydrogens (tertiary/aromatic N) is 3. The second-order valence-electron chi connectivity index (χ2n) is 9.75. The molecule has 180 valence electrons. The molecule has 1 amide bonds. The Morgan fingerprint density at radius 2 is 2.06 bits per heavy atom. The van der Waals surface area contributed by atoms with Crippen molar-refractivity contribution in [1.82, 2.24) is 14.9 Å². The summed E-state index contributed by atoms with van der Waals surface area (Å²) in [6.07, 6.45) is 4.91. The predicted octanol–water partition coefficient (Wildman–Crippen LogP) is 5.94. The predicted molar refractivity (Wildman–Crippen MR) is 129 cm³/mol. The number of carbonyl (C=O) groups is 1. The van der Waals surface area contributed by atoms with Gasteiger partial charge in [-0.2, -0.15) is 0 Å². The molecule has 1 aromatic carbocycles. The summed E-state index contributed by atoms with van der Waals surface area (Å²) in [6, 6.07) is 3.33. The highest BCUT2D eigenvalue weighted by molar-refractivity contribution is 9.10. The molecule has 0 saturated heterocycles. The molecule has 1 heterocycles. The molecular formula is C23H29BrClFN4O3. The molecule has 0 aliphatic heterocycles. The number of benzene rings is 1. The minimum Gasteiger partial charge on any atom is -0.444 e. The first-order valence-corrected chi connectivity index (χ1v) is 12.4. The fourth-order valence-corrected chi connectivity index (χ4v) is 4.44. The van der Waals surface area contributed by atoms with Gasteiger partial charge in [-0.3, -0.25) is 4.90 Å². The maximum atomic E-state index is 14.5. The zero-order valence-corrected chi connectivity index (χ0v) is 21.4. The minimum atomic E-state index is -0.605. The van der Waals surface area contributed by atoms with E-state index in [9.17, 15) is 9.18 Å². The molecular weight excluding hydrogens is 515 g/mol. The molecule has 0 spiro atoms. The first-order chi connectivity index (χ1) is 15.6. The quantitative estimate of drug-likeness (QED) is 0.416. The van der Waals surface area contributed by atoms with Crippen LogP contribution in [0.2, 0.25) is 5.28 Å². The van der Waals surface area contributed by atoms with Gasteiger partial charge in [0.05, 0.1) is 22.7 Å². The van der Waals surface area contributed by atoms with Crippen molar-refractivity contribution < 1.29 is 18.7 Å². The highest BCUT2D eigenvalue weighted by Gasteiger charge is 2.47. The molecule has 4 rings (SSSR count). The van der Waals surface area contributed by atoms with Crippen LogP contribution in [0.4, 0.5) is 15.0 Å². The van der Waals surface area contributed by atoms with Crippen molar-refractivity contribution in [3.05, 3.63) is 27.7 Å². The number of hydrogen-bond donors (Lipinski definition) is 1. The summed E-state index contributed by atoms with van der Waals surface area (Å²) in [5, 5.41) is 3.67. The van der Waals surface area contributed by atoms with E-state index in [1.807, 2.05) is 20.8 Å². The van der Waals surface area contributed by atoms with E-state index in [1.165, 1.54) is 0 Å². The van der Waals surface area contributed by atoms with Crippen LogP contribution >= 0.6 is 27.5 Å². The Balaban J connectivity index is 1.52. The van der Waals surface area contributed by atoms with Gasteiger partial charge < -0.3 is 14.8 Å². The maximum absolute atomic E-state index is 14.5. The Labute approximate surface area is 206 Å². The molecule has 2 aliphatic rings. The van der Waals surface area contributed by atoms with Gasteiger partial charge in [0.1, 0.15) is 16.9 Å². The van der Waals surface area contributed by atoms with Crippen LogP contribution in [0.25, 0.3) is 10.9 Å².